The molecule has 4 rings (SSSR count). The van der Waals surface area contributed by atoms with Crippen LogP contribution in [0, 0.1) is 0 Å². The van der Waals surface area contributed by atoms with Crippen LogP contribution in [0.4, 0.5) is 16.7 Å². The van der Waals surface area contributed by atoms with E-state index in [-0.39, 0.29) is 30.2 Å². The first kappa shape index (κ1) is 15.1. The molecule has 1 atom stereocenters. The molecule has 1 fully saturated rings. The number of hydrogen-bond acceptors (Lipinski definition) is 8. The molecule has 3 amide bonds. The second-order valence-electron chi connectivity index (χ2n) is 5.79. The van der Waals surface area contributed by atoms with Gasteiger partial charge in [-0.1, -0.05) is 18.2 Å². The molecule has 1 unspecified atom stereocenters. The van der Waals surface area contributed by atoms with Crippen molar-refractivity contribution in [2.24, 2.45) is 0 Å². The van der Waals surface area contributed by atoms with Gasteiger partial charge in [-0.2, -0.15) is 15.0 Å². The Labute approximate surface area is 142 Å². The number of hydrogen-bond donors (Lipinski definition) is 3. The number of aromatic nitrogens is 3. The van der Waals surface area contributed by atoms with Crippen molar-refractivity contribution in [3.8, 4) is 5.75 Å². The Morgan fingerprint density at radius 1 is 1.16 bits per heavy atom. The lowest BCUT2D eigenvalue weighted by Gasteiger charge is -2.33. The van der Waals surface area contributed by atoms with Crippen molar-refractivity contribution in [3.05, 3.63) is 35.7 Å². The topological polar surface area (TPSA) is 149 Å². The largest absolute Gasteiger partial charge is 0.493 e. The quantitative estimate of drug-likeness (QED) is 0.634. The summed E-state index contributed by atoms with van der Waals surface area (Å²) in [5, 5.41) is 2.80. The second kappa shape index (κ2) is 5.30. The number of benzene rings is 1. The molecule has 10 heteroatoms. The van der Waals surface area contributed by atoms with Gasteiger partial charge in [0, 0.05) is 12.0 Å². The summed E-state index contributed by atoms with van der Waals surface area (Å²) in [7, 11) is 0. The summed E-state index contributed by atoms with van der Waals surface area (Å²) in [6, 6.07) is 6.62. The fourth-order valence-electron chi connectivity index (χ4n) is 3.18. The Bertz CT molecular complexity index is 867. The van der Waals surface area contributed by atoms with Crippen LogP contribution in [0.5, 0.6) is 5.75 Å². The number of nitrogens with two attached hydrogens (primary N) is 2. The molecule has 5 N–H and O–H groups in total. The highest BCUT2D eigenvalue weighted by molar-refractivity contribution is 6.07. The SMILES string of the molecule is Nc1nc(N)nc(CN2C(=O)NC3(CCOc4ccccc43)C2=O)n1. The van der Waals surface area contributed by atoms with E-state index in [1.165, 1.54) is 0 Å². The second-order valence-corrected chi connectivity index (χ2v) is 5.79. The minimum absolute atomic E-state index is 0.0688. The number of nitrogens with one attached hydrogen (secondary N) is 1. The van der Waals surface area contributed by atoms with E-state index in [1.807, 2.05) is 6.07 Å². The maximum Gasteiger partial charge on any atom is 0.325 e. The van der Waals surface area contributed by atoms with Crippen LogP contribution in [0.15, 0.2) is 24.3 Å². The summed E-state index contributed by atoms with van der Waals surface area (Å²) in [5.41, 5.74) is 10.6. The van der Waals surface area contributed by atoms with Crippen molar-refractivity contribution in [2.75, 3.05) is 18.1 Å². The fraction of sp³-hybridized carbons (Fsp3) is 0.267. The molecule has 3 heterocycles. The van der Waals surface area contributed by atoms with Gasteiger partial charge in [0.15, 0.2) is 11.4 Å². The van der Waals surface area contributed by atoms with Gasteiger partial charge in [-0.3, -0.25) is 9.69 Å². The molecule has 128 valence electrons. The van der Waals surface area contributed by atoms with E-state index in [0.717, 1.165) is 4.90 Å². The predicted molar refractivity (Wildman–Crippen MR) is 86.0 cm³/mol. The molecule has 1 spiro atoms. The molecule has 1 saturated heterocycles. The lowest BCUT2D eigenvalue weighted by atomic mass is 9.84. The molecule has 10 nitrogen and oxygen atoms in total. The smallest absolute Gasteiger partial charge is 0.325 e. The first-order valence-corrected chi connectivity index (χ1v) is 7.62. The number of carbonyl (C=O) groups excluding carboxylic acids is 2. The normalized spacial score (nSPS) is 21.8. The van der Waals surface area contributed by atoms with Gasteiger partial charge in [0.05, 0.1) is 13.2 Å². The van der Waals surface area contributed by atoms with E-state index in [1.54, 1.807) is 18.2 Å². The van der Waals surface area contributed by atoms with Crippen LogP contribution in [-0.4, -0.2) is 38.4 Å². The zero-order chi connectivity index (χ0) is 17.6. The van der Waals surface area contributed by atoms with Gasteiger partial charge in [-0.15, -0.1) is 0 Å². The average Bonchev–Trinajstić information content (AvgIpc) is 2.79. The lowest BCUT2D eigenvalue weighted by Crippen LogP contribution is -2.47. The number of nitrogen functional groups attached to an aromatic ring is 2. The van der Waals surface area contributed by atoms with Gasteiger partial charge in [-0.25, -0.2) is 4.79 Å². The summed E-state index contributed by atoms with van der Waals surface area (Å²) >= 11 is 0. The van der Waals surface area contributed by atoms with Crippen LogP contribution in [-0.2, 0) is 16.9 Å². The number of nitrogens with zero attached hydrogens (tertiary/aromatic N) is 4. The Morgan fingerprint density at radius 3 is 2.64 bits per heavy atom. The summed E-state index contributed by atoms with van der Waals surface area (Å²) in [6.07, 6.45) is 0.340. The Kier molecular flexibility index (Phi) is 3.20. The van der Waals surface area contributed by atoms with Gasteiger partial charge >= 0.3 is 6.03 Å². The molecular formula is C15H15N7O3. The number of amides is 3. The molecule has 25 heavy (non-hydrogen) atoms. The minimum Gasteiger partial charge on any atom is -0.493 e. The van der Waals surface area contributed by atoms with Crippen molar-refractivity contribution in [1.82, 2.24) is 25.2 Å². The summed E-state index contributed by atoms with van der Waals surface area (Å²) in [4.78, 5) is 38.1. The van der Waals surface area contributed by atoms with Crippen LogP contribution in [0.2, 0.25) is 0 Å². The van der Waals surface area contributed by atoms with Gasteiger partial charge in [0.2, 0.25) is 11.9 Å². The summed E-state index contributed by atoms with van der Waals surface area (Å²) < 4.78 is 5.59. The first-order valence-electron chi connectivity index (χ1n) is 7.62. The van der Waals surface area contributed by atoms with Crippen molar-refractivity contribution in [1.29, 1.82) is 0 Å². The first-order chi connectivity index (χ1) is 12.0. The number of anilines is 2. The third kappa shape index (κ3) is 2.30. The fourth-order valence-corrected chi connectivity index (χ4v) is 3.18. The monoisotopic (exact) mass is 341 g/mol. The molecule has 2 aromatic rings. The predicted octanol–water partition coefficient (Wildman–Crippen LogP) is -0.234. The number of urea groups is 1. The standard InChI is InChI=1S/C15H15N7O3/c16-12-18-10(19-13(17)20-12)7-22-11(23)15(21-14(22)24)5-6-25-9-4-2-1-3-8(9)15/h1-4H,5-7H2,(H,21,24)(H4,16,17,18,19,20). The lowest BCUT2D eigenvalue weighted by molar-refractivity contribution is -0.133. The molecule has 0 aliphatic carbocycles. The van der Waals surface area contributed by atoms with Gasteiger partial charge in [0.1, 0.15) is 5.75 Å². The third-order valence-corrected chi connectivity index (χ3v) is 4.27. The van der Waals surface area contributed by atoms with E-state index in [4.69, 9.17) is 16.2 Å². The molecular weight excluding hydrogens is 326 g/mol. The van der Waals surface area contributed by atoms with E-state index in [9.17, 15) is 9.59 Å². The number of carbonyl (C=O) groups is 2. The maximum absolute atomic E-state index is 13.1. The molecule has 1 aromatic heterocycles. The van der Waals surface area contributed by atoms with Crippen molar-refractivity contribution >= 4 is 23.8 Å². The van der Waals surface area contributed by atoms with Crippen LogP contribution in [0.3, 0.4) is 0 Å². The van der Waals surface area contributed by atoms with E-state index >= 15 is 0 Å². The Balaban J connectivity index is 1.70. The van der Waals surface area contributed by atoms with E-state index in [2.05, 4.69) is 20.3 Å². The molecule has 2 aliphatic heterocycles. The number of fused-ring (bicyclic) bond motifs is 2. The third-order valence-electron chi connectivity index (χ3n) is 4.27. The van der Waals surface area contributed by atoms with E-state index in [0.29, 0.717) is 24.3 Å². The van der Waals surface area contributed by atoms with Gasteiger partial charge in [0.25, 0.3) is 5.91 Å². The summed E-state index contributed by atoms with van der Waals surface area (Å²) in [5.74, 6) is 0.205. The van der Waals surface area contributed by atoms with Crippen molar-refractivity contribution in [2.45, 2.75) is 18.5 Å². The molecule has 2 aliphatic rings. The highest BCUT2D eigenvalue weighted by Crippen LogP contribution is 2.41. The molecule has 0 bridgehead atoms. The van der Waals surface area contributed by atoms with Crippen LogP contribution >= 0.6 is 0 Å². The molecule has 0 radical (unpaired) electrons. The van der Waals surface area contributed by atoms with Crippen LogP contribution in [0.1, 0.15) is 17.8 Å². The summed E-state index contributed by atoms with van der Waals surface area (Å²) in [6.45, 7) is 0.175. The maximum atomic E-state index is 13.1. The number of ether oxygens (including phenoxy) is 1. The van der Waals surface area contributed by atoms with Crippen molar-refractivity contribution in [3.63, 3.8) is 0 Å². The number of rotatable bonds is 2. The minimum atomic E-state index is -1.14. The van der Waals surface area contributed by atoms with Crippen LogP contribution in [0.25, 0.3) is 0 Å². The highest BCUT2D eigenvalue weighted by Gasteiger charge is 2.54. The number of para-hydroxylation sites is 1. The van der Waals surface area contributed by atoms with Gasteiger partial charge in [-0.05, 0) is 6.07 Å². The molecule has 1 aromatic carbocycles. The Hall–Kier alpha value is -3.43. The number of imide groups is 1. The molecule has 0 saturated carbocycles. The zero-order valence-electron chi connectivity index (χ0n) is 13.1. The van der Waals surface area contributed by atoms with Crippen LogP contribution < -0.4 is 21.5 Å². The zero-order valence-corrected chi connectivity index (χ0v) is 13.1. The average molecular weight is 341 g/mol. The Morgan fingerprint density at radius 2 is 1.88 bits per heavy atom. The van der Waals surface area contributed by atoms with Gasteiger partial charge < -0.3 is 21.5 Å². The van der Waals surface area contributed by atoms with Crippen molar-refractivity contribution < 1.29 is 14.3 Å². The van der Waals surface area contributed by atoms with E-state index < -0.39 is 11.6 Å². The highest BCUT2D eigenvalue weighted by atomic mass is 16.5.